The SMILES string of the molecule is CCNCC1CCCC(N)C1. The topological polar surface area (TPSA) is 38.0 Å². The zero-order valence-corrected chi connectivity index (χ0v) is 7.47. The number of hydrogen-bond donors (Lipinski definition) is 2. The Hall–Kier alpha value is -0.0800. The van der Waals surface area contributed by atoms with E-state index in [9.17, 15) is 0 Å². The molecular weight excluding hydrogens is 136 g/mol. The van der Waals surface area contributed by atoms with Gasteiger partial charge in [-0.15, -0.1) is 0 Å². The first-order valence-corrected chi connectivity index (χ1v) is 4.79. The van der Waals surface area contributed by atoms with Crippen molar-refractivity contribution in [3.05, 3.63) is 0 Å². The summed E-state index contributed by atoms with van der Waals surface area (Å²) in [6.45, 7) is 4.42. The largest absolute Gasteiger partial charge is 0.328 e. The standard InChI is InChI=1S/C9H20N2/c1-2-11-7-8-4-3-5-9(10)6-8/h8-9,11H,2-7,10H2,1H3. The molecule has 1 rings (SSSR count). The minimum Gasteiger partial charge on any atom is -0.328 e. The van der Waals surface area contributed by atoms with Crippen LogP contribution >= 0.6 is 0 Å². The summed E-state index contributed by atoms with van der Waals surface area (Å²) in [5.41, 5.74) is 5.87. The molecule has 0 aliphatic heterocycles. The third kappa shape index (κ3) is 3.21. The van der Waals surface area contributed by atoms with Crippen LogP contribution in [-0.2, 0) is 0 Å². The smallest absolute Gasteiger partial charge is 0.00419 e. The summed E-state index contributed by atoms with van der Waals surface area (Å²) in [5.74, 6) is 0.846. The molecule has 2 atom stereocenters. The number of nitrogens with one attached hydrogen (secondary N) is 1. The molecule has 0 heterocycles. The second-order valence-electron chi connectivity index (χ2n) is 3.60. The minimum atomic E-state index is 0.479. The van der Waals surface area contributed by atoms with Gasteiger partial charge in [0.05, 0.1) is 0 Å². The van der Waals surface area contributed by atoms with E-state index < -0.39 is 0 Å². The van der Waals surface area contributed by atoms with Gasteiger partial charge in [-0.05, 0) is 38.3 Å². The molecule has 2 nitrogen and oxygen atoms in total. The molecule has 0 amide bonds. The molecule has 1 fully saturated rings. The van der Waals surface area contributed by atoms with Gasteiger partial charge in [0.1, 0.15) is 0 Å². The molecule has 0 aromatic heterocycles. The Balaban J connectivity index is 2.12. The fraction of sp³-hybridized carbons (Fsp3) is 1.00. The van der Waals surface area contributed by atoms with E-state index in [1.54, 1.807) is 0 Å². The Morgan fingerprint density at radius 1 is 1.45 bits per heavy atom. The van der Waals surface area contributed by atoms with Crippen LogP contribution in [0.5, 0.6) is 0 Å². The molecule has 1 aliphatic rings. The zero-order valence-electron chi connectivity index (χ0n) is 7.47. The molecular formula is C9H20N2. The van der Waals surface area contributed by atoms with Crippen molar-refractivity contribution in [2.75, 3.05) is 13.1 Å². The lowest BCUT2D eigenvalue weighted by Gasteiger charge is -2.26. The van der Waals surface area contributed by atoms with Crippen molar-refractivity contribution < 1.29 is 0 Å². The van der Waals surface area contributed by atoms with Crippen molar-refractivity contribution in [2.45, 2.75) is 38.6 Å². The van der Waals surface area contributed by atoms with E-state index >= 15 is 0 Å². The van der Waals surface area contributed by atoms with Crippen LogP contribution in [0.3, 0.4) is 0 Å². The molecule has 3 N–H and O–H groups in total. The second-order valence-corrected chi connectivity index (χ2v) is 3.60. The lowest BCUT2D eigenvalue weighted by atomic mass is 9.86. The van der Waals surface area contributed by atoms with Crippen LogP contribution in [-0.4, -0.2) is 19.1 Å². The average molecular weight is 156 g/mol. The summed E-state index contributed by atoms with van der Waals surface area (Å²) in [6, 6.07) is 0.479. The highest BCUT2D eigenvalue weighted by molar-refractivity contribution is 4.76. The van der Waals surface area contributed by atoms with Crippen LogP contribution in [0.4, 0.5) is 0 Å². The van der Waals surface area contributed by atoms with Gasteiger partial charge in [0.2, 0.25) is 0 Å². The number of hydrogen-bond acceptors (Lipinski definition) is 2. The lowest BCUT2D eigenvalue weighted by molar-refractivity contribution is 0.312. The van der Waals surface area contributed by atoms with E-state index in [-0.39, 0.29) is 0 Å². The minimum absolute atomic E-state index is 0.479. The van der Waals surface area contributed by atoms with Gasteiger partial charge in [-0.2, -0.15) is 0 Å². The summed E-state index contributed by atoms with van der Waals surface area (Å²) in [4.78, 5) is 0. The first-order chi connectivity index (χ1) is 5.33. The van der Waals surface area contributed by atoms with Crippen molar-refractivity contribution in [2.24, 2.45) is 11.7 Å². The fourth-order valence-electron chi connectivity index (χ4n) is 1.87. The Kier molecular flexibility index (Phi) is 3.87. The molecule has 2 heteroatoms. The molecule has 0 aromatic rings. The van der Waals surface area contributed by atoms with Gasteiger partial charge in [0.15, 0.2) is 0 Å². The average Bonchev–Trinajstić information content (AvgIpc) is 2.01. The van der Waals surface area contributed by atoms with Crippen molar-refractivity contribution in [1.82, 2.24) is 5.32 Å². The Morgan fingerprint density at radius 3 is 2.91 bits per heavy atom. The zero-order chi connectivity index (χ0) is 8.10. The van der Waals surface area contributed by atoms with E-state index in [0.717, 1.165) is 12.5 Å². The summed E-state index contributed by atoms with van der Waals surface area (Å²) in [6.07, 6.45) is 5.17. The highest BCUT2D eigenvalue weighted by Gasteiger charge is 2.17. The van der Waals surface area contributed by atoms with Crippen LogP contribution in [0.2, 0.25) is 0 Å². The molecule has 0 radical (unpaired) electrons. The van der Waals surface area contributed by atoms with Gasteiger partial charge >= 0.3 is 0 Å². The summed E-state index contributed by atoms with van der Waals surface area (Å²) < 4.78 is 0. The third-order valence-electron chi connectivity index (χ3n) is 2.51. The lowest BCUT2D eigenvalue weighted by Crippen LogP contribution is -2.33. The van der Waals surface area contributed by atoms with Crippen molar-refractivity contribution >= 4 is 0 Å². The number of nitrogens with two attached hydrogens (primary N) is 1. The van der Waals surface area contributed by atoms with Crippen molar-refractivity contribution in [1.29, 1.82) is 0 Å². The van der Waals surface area contributed by atoms with E-state index in [1.807, 2.05) is 0 Å². The Bertz CT molecular complexity index is 104. The van der Waals surface area contributed by atoms with Gasteiger partial charge < -0.3 is 11.1 Å². The summed E-state index contributed by atoms with van der Waals surface area (Å²) in [5, 5.41) is 3.38. The molecule has 0 bridgehead atoms. The first kappa shape index (κ1) is 9.01. The first-order valence-electron chi connectivity index (χ1n) is 4.79. The van der Waals surface area contributed by atoms with Crippen LogP contribution in [0.25, 0.3) is 0 Å². The van der Waals surface area contributed by atoms with E-state index in [2.05, 4.69) is 12.2 Å². The van der Waals surface area contributed by atoms with E-state index in [1.165, 1.54) is 32.2 Å². The van der Waals surface area contributed by atoms with Crippen LogP contribution in [0.1, 0.15) is 32.6 Å². The molecule has 0 spiro atoms. The van der Waals surface area contributed by atoms with Crippen LogP contribution in [0, 0.1) is 5.92 Å². The van der Waals surface area contributed by atoms with Crippen LogP contribution in [0.15, 0.2) is 0 Å². The van der Waals surface area contributed by atoms with Crippen molar-refractivity contribution in [3.63, 3.8) is 0 Å². The Labute approximate surface area is 69.5 Å². The molecule has 66 valence electrons. The van der Waals surface area contributed by atoms with Crippen LogP contribution < -0.4 is 11.1 Å². The maximum atomic E-state index is 5.87. The normalized spacial score (nSPS) is 32.2. The Morgan fingerprint density at radius 2 is 2.27 bits per heavy atom. The maximum absolute atomic E-state index is 5.87. The highest BCUT2D eigenvalue weighted by Crippen LogP contribution is 2.21. The number of rotatable bonds is 3. The van der Waals surface area contributed by atoms with Crippen molar-refractivity contribution in [3.8, 4) is 0 Å². The predicted octanol–water partition coefficient (Wildman–Crippen LogP) is 1.11. The highest BCUT2D eigenvalue weighted by atomic mass is 14.8. The molecule has 1 aliphatic carbocycles. The van der Waals surface area contributed by atoms with Gasteiger partial charge in [-0.3, -0.25) is 0 Å². The second kappa shape index (κ2) is 4.73. The summed E-state index contributed by atoms with van der Waals surface area (Å²) >= 11 is 0. The van der Waals surface area contributed by atoms with Gasteiger partial charge in [-0.25, -0.2) is 0 Å². The molecule has 0 aromatic carbocycles. The third-order valence-corrected chi connectivity index (χ3v) is 2.51. The predicted molar refractivity (Wildman–Crippen MR) is 48.5 cm³/mol. The monoisotopic (exact) mass is 156 g/mol. The molecule has 11 heavy (non-hydrogen) atoms. The quantitative estimate of drug-likeness (QED) is 0.642. The van der Waals surface area contributed by atoms with Gasteiger partial charge in [0, 0.05) is 6.04 Å². The molecule has 0 saturated heterocycles. The maximum Gasteiger partial charge on any atom is 0.00419 e. The fourth-order valence-corrected chi connectivity index (χ4v) is 1.87. The summed E-state index contributed by atoms with van der Waals surface area (Å²) in [7, 11) is 0. The van der Waals surface area contributed by atoms with E-state index in [0.29, 0.717) is 6.04 Å². The molecule has 1 saturated carbocycles. The van der Waals surface area contributed by atoms with Gasteiger partial charge in [0.25, 0.3) is 0 Å². The van der Waals surface area contributed by atoms with Gasteiger partial charge in [-0.1, -0.05) is 13.3 Å². The van der Waals surface area contributed by atoms with E-state index in [4.69, 9.17) is 5.73 Å². The molecule has 2 unspecified atom stereocenters.